The molecule has 4 rings (SSSR count). The van der Waals surface area contributed by atoms with Crippen LogP contribution >= 0.6 is 0 Å². The minimum absolute atomic E-state index is 0.0000410. The maximum absolute atomic E-state index is 13.0. The number of hydrogen-bond acceptors (Lipinski definition) is 5. The molecule has 3 aromatic carbocycles. The Morgan fingerprint density at radius 3 is 2.14 bits per heavy atom. The van der Waals surface area contributed by atoms with E-state index in [1.54, 1.807) is 21.3 Å². The summed E-state index contributed by atoms with van der Waals surface area (Å²) in [6.07, 6.45) is 1.97. The SMILES string of the molecule is COc1cc(-c2ccc3cc(CC(=O)C4CC(C)C(NC(C)=O)C4)ccc3c2)cc(OC)c1OC. The van der Waals surface area contributed by atoms with Crippen LogP contribution in [0.2, 0.25) is 0 Å². The van der Waals surface area contributed by atoms with E-state index in [-0.39, 0.29) is 23.7 Å². The van der Waals surface area contributed by atoms with E-state index in [0.717, 1.165) is 40.3 Å². The molecule has 1 aliphatic carbocycles. The van der Waals surface area contributed by atoms with Gasteiger partial charge in [-0.25, -0.2) is 0 Å². The standard InChI is InChI=1S/C29H33NO5/c1-17-10-24(14-25(17)30-18(2)31)26(32)12-19-6-7-21-13-22(9-8-20(21)11-19)23-15-27(33-3)29(35-5)28(16-23)34-4/h6-9,11,13,15-17,24-25H,10,12,14H2,1-5H3,(H,30,31). The topological polar surface area (TPSA) is 73.9 Å². The summed E-state index contributed by atoms with van der Waals surface area (Å²) in [6.45, 7) is 3.64. The van der Waals surface area contributed by atoms with Crippen molar-refractivity contribution in [1.29, 1.82) is 0 Å². The lowest BCUT2D eigenvalue weighted by Crippen LogP contribution is -2.35. The van der Waals surface area contributed by atoms with Gasteiger partial charge < -0.3 is 19.5 Å². The Morgan fingerprint density at radius 1 is 0.857 bits per heavy atom. The lowest BCUT2D eigenvalue weighted by Gasteiger charge is -2.15. The van der Waals surface area contributed by atoms with Crippen LogP contribution in [0.1, 0.15) is 32.3 Å². The Hall–Kier alpha value is -3.54. The number of benzene rings is 3. The summed E-state index contributed by atoms with van der Waals surface area (Å²) in [5.74, 6) is 2.32. The molecule has 1 saturated carbocycles. The molecule has 184 valence electrons. The molecular weight excluding hydrogens is 442 g/mol. The fourth-order valence-electron chi connectivity index (χ4n) is 5.15. The van der Waals surface area contributed by atoms with Crippen molar-refractivity contribution in [2.75, 3.05) is 21.3 Å². The van der Waals surface area contributed by atoms with Gasteiger partial charge in [-0.15, -0.1) is 0 Å². The zero-order chi connectivity index (χ0) is 25.1. The highest BCUT2D eigenvalue weighted by Gasteiger charge is 2.35. The van der Waals surface area contributed by atoms with Crippen molar-refractivity contribution in [1.82, 2.24) is 5.32 Å². The van der Waals surface area contributed by atoms with Crippen molar-refractivity contribution in [3.8, 4) is 28.4 Å². The number of carbonyl (C=O) groups is 2. The normalized spacial score (nSPS) is 19.4. The molecule has 0 spiro atoms. The molecule has 0 aliphatic heterocycles. The number of carbonyl (C=O) groups excluding carboxylic acids is 2. The van der Waals surface area contributed by atoms with Crippen molar-refractivity contribution in [2.24, 2.45) is 11.8 Å². The summed E-state index contributed by atoms with van der Waals surface area (Å²) in [5, 5.41) is 5.17. The molecule has 3 aromatic rings. The van der Waals surface area contributed by atoms with Crippen LogP contribution in [-0.4, -0.2) is 39.1 Å². The second-order valence-electron chi connectivity index (χ2n) is 9.41. The molecule has 6 heteroatoms. The summed E-state index contributed by atoms with van der Waals surface area (Å²) in [7, 11) is 4.81. The number of rotatable bonds is 8. The van der Waals surface area contributed by atoms with E-state index in [4.69, 9.17) is 14.2 Å². The molecule has 0 heterocycles. The van der Waals surface area contributed by atoms with Crippen molar-refractivity contribution < 1.29 is 23.8 Å². The predicted octanol–water partition coefficient (Wildman–Crippen LogP) is 5.20. The highest BCUT2D eigenvalue weighted by molar-refractivity contribution is 5.90. The second kappa shape index (κ2) is 10.4. The predicted molar refractivity (Wildman–Crippen MR) is 137 cm³/mol. The molecule has 1 N–H and O–H groups in total. The zero-order valence-corrected chi connectivity index (χ0v) is 21.0. The third-order valence-electron chi connectivity index (χ3n) is 7.01. The van der Waals surface area contributed by atoms with E-state index in [2.05, 4.69) is 42.6 Å². The summed E-state index contributed by atoms with van der Waals surface area (Å²) < 4.78 is 16.4. The average Bonchev–Trinajstić information content (AvgIpc) is 3.22. The maximum atomic E-state index is 13.0. The van der Waals surface area contributed by atoms with Crippen LogP contribution in [0.4, 0.5) is 0 Å². The first-order chi connectivity index (χ1) is 16.8. The van der Waals surface area contributed by atoms with E-state index in [1.807, 2.05) is 18.2 Å². The molecule has 1 amide bonds. The van der Waals surface area contributed by atoms with Crippen molar-refractivity contribution >= 4 is 22.5 Å². The molecule has 1 aliphatic rings. The van der Waals surface area contributed by atoms with Crippen molar-refractivity contribution in [2.45, 2.75) is 39.2 Å². The number of nitrogens with one attached hydrogen (secondary N) is 1. The molecule has 3 unspecified atom stereocenters. The van der Waals surface area contributed by atoms with Gasteiger partial charge in [-0.2, -0.15) is 0 Å². The average molecular weight is 476 g/mol. The van der Waals surface area contributed by atoms with E-state index in [1.165, 1.54) is 6.92 Å². The number of Topliss-reactive ketones (excluding diaryl/α,β-unsaturated/α-hetero) is 1. The maximum Gasteiger partial charge on any atom is 0.217 e. The van der Waals surface area contributed by atoms with Gasteiger partial charge in [0.2, 0.25) is 11.7 Å². The van der Waals surface area contributed by atoms with Crippen LogP contribution < -0.4 is 19.5 Å². The van der Waals surface area contributed by atoms with Gasteiger partial charge >= 0.3 is 0 Å². The van der Waals surface area contributed by atoms with Crippen LogP contribution in [0.3, 0.4) is 0 Å². The third-order valence-corrected chi connectivity index (χ3v) is 7.01. The van der Waals surface area contributed by atoms with Crippen LogP contribution in [0.25, 0.3) is 21.9 Å². The van der Waals surface area contributed by atoms with E-state index >= 15 is 0 Å². The minimum Gasteiger partial charge on any atom is -0.493 e. The molecule has 35 heavy (non-hydrogen) atoms. The summed E-state index contributed by atoms with van der Waals surface area (Å²) in [6, 6.07) is 16.4. The minimum atomic E-state index is -0.0321. The van der Waals surface area contributed by atoms with Gasteiger partial charge in [0, 0.05) is 25.3 Å². The molecule has 3 atom stereocenters. The number of hydrogen-bond donors (Lipinski definition) is 1. The summed E-state index contributed by atoms with van der Waals surface area (Å²) in [4.78, 5) is 24.4. The quantitative estimate of drug-likeness (QED) is 0.485. The number of ketones is 1. The zero-order valence-electron chi connectivity index (χ0n) is 21.0. The first kappa shape index (κ1) is 24.6. The van der Waals surface area contributed by atoms with Gasteiger partial charge in [0.05, 0.1) is 21.3 Å². The highest BCUT2D eigenvalue weighted by Crippen LogP contribution is 2.41. The first-order valence-electron chi connectivity index (χ1n) is 12.0. The lowest BCUT2D eigenvalue weighted by atomic mass is 9.94. The van der Waals surface area contributed by atoms with Gasteiger partial charge in [0.15, 0.2) is 11.5 Å². The second-order valence-corrected chi connectivity index (χ2v) is 9.41. The fraction of sp³-hybridized carbons (Fsp3) is 0.379. The molecular formula is C29H33NO5. The smallest absolute Gasteiger partial charge is 0.217 e. The summed E-state index contributed by atoms with van der Waals surface area (Å²) >= 11 is 0. The molecule has 0 aromatic heterocycles. The molecule has 0 bridgehead atoms. The third kappa shape index (κ3) is 5.26. The molecule has 6 nitrogen and oxygen atoms in total. The first-order valence-corrected chi connectivity index (χ1v) is 12.0. The Bertz CT molecular complexity index is 1230. The van der Waals surface area contributed by atoms with Crippen molar-refractivity contribution in [3.63, 3.8) is 0 Å². The molecule has 1 fully saturated rings. The van der Waals surface area contributed by atoms with E-state index in [0.29, 0.717) is 29.6 Å². The molecule has 0 radical (unpaired) electrons. The Morgan fingerprint density at radius 2 is 1.51 bits per heavy atom. The number of amides is 1. The van der Waals surface area contributed by atoms with Gasteiger partial charge in [-0.05, 0) is 64.4 Å². The van der Waals surface area contributed by atoms with E-state index < -0.39 is 0 Å². The number of fused-ring (bicyclic) bond motifs is 1. The van der Waals surface area contributed by atoms with Gasteiger partial charge in [-0.1, -0.05) is 37.3 Å². The van der Waals surface area contributed by atoms with Gasteiger partial charge in [0.25, 0.3) is 0 Å². The van der Waals surface area contributed by atoms with Crippen LogP contribution in [0, 0.1) is 11.8 Å². The Labute approximate surface area is 206 Å². The Balaban J connectivity index is 1.53. The Kier molecular flexibility index (Phi) is 7.29. The van der Waals surface area contributed by atoms with Crippen molar-refractivity contribution in [3.05, 3.63) is 54.1 Å². The van der Waals surface area contributed by atoms with Gasteiger partial charge in [-0.3, -0.25) is 9.59 Å². The summed E-state index contributed by atoms with van der Waals surface area (Å²) in [5.41, 5.74) is 3.01. The number of ether oxygens (including phenoxy) is 3. The van der Waals surface area contributed by atoms with Crippen LogP contribution in [0.5, 0.6) is 17.2 Å². The fourth-order valence-corrected chi connectivity index (χ4v) is 5.15. The van der Waals surface area contributed by atoms with Gasteiger partial charge in [0.1, 0.15) is 5.78 Å². The van der Waals surface area contributed by atoms with Crippen LogP contribution in [0.15, 0.2) is 48.5 Å². The van der Waals surface area contributed by atoms with E-state index in [9.17, 15) is 9.59 Å². The van der Waals surface area contributed by atoms with Crippen LogP contribution in [-0.2, 0) is 16.0 Å². The highest BCUT2D eigenvalue weighted by atomic mass is 16.5. The lowest BCUT2D eigenvalue weighted by molar-refractivity contribution is -0.123. The number of methoxy groups -OCH3 is 3. The largest absolute Gasteiger partial charge is 0.493 e. The monoisotopic (exact) mass is 475 g/mol. The molecule has 0 saturated heterocycles.